The zero-order valence-electron chi connectivity index (χ0n) is 18.3. The van der Waals surface area contributed by atoms with Crippen molar-refractivity contribution in [2.24, 2.45) is 0 Å². The van der Waals surface area contributed by atoms with Crippen molar-refractivity contribution in [3.8, 4) is 5.75 Å². The molecule has 0 spiro atoms. The Bertz CT molecular complexity index is 1340. The largest absolute Gasteiger partial charge is 0.507 e. The Labute approximate surface area is 207 Å². The predicted octanol–water partition coefficient (Wildman–Crippen LogP) is 6.25. The molecule has 0 aliphatic carbocycles. The Hall–Kier alpha value is -3.28. The molecule has 1 atom stereocenters. The average Bonchev–Trinajstić information content (AvgIpc) is 3.08. The van der Waals surface area contributed by atoms with E-state index in [1.807, 2.05) is 37.3 Å². The van der Waals surface area contributed by atoms with Gasteiger partial charge in [-0.3, -0.25) is 14.5 Å². The maximum absolute atomic E-state index is 13.3. The van der Waals surface area contributed by atoms with Crippen LogP contribution in [0.3, 0.4) is 0 Å². The summed E-state index contributed by atoms with van der Waals surface area (Å²) >= 11 is 12.4. The van der Waals surface area contributed by atoms with Crippen molar-refractivity contribution in [2.45, 2.75) is 25.8 Å². The van der Waals surface area contributed by atoms with Crippen molar-refractivity contribution in [1.82, 2.24) is 0 Å². The van der Waals surface area contributed by atoms with E-state index in [4.69, 9.17) is 27.9 Å². The molecule has 2 aliphatic heterocycles. The van der Waals surface area contributed by atoms with Gasteiger partial charge in [0.1, 0.15) is 11.5 Å². The molecule has 1 saturated heterocycles. The van der Waals surface area contributed by atoms with Gasteiger partial charge in [0.15, 0.2) is 0 Å². The highest BCUT2D eigenvalue weighted by Crippen LogP contribution is 2.44. The van der Waals surface area contributed by atoms with Gasteiger partial charge in [-0.25, -0.2) is 0 Å². The van der Waals surface area contributed by atoms with Gasteiger partial charge in [-0.1, -0.05) is 53.0 Å². The highest BCUT2D eigenvalue weighted by Gasteiger charge is 2.47. The number of aliphatic hydroxyl groups is 1. The van der Waals surface area contributed by atoms with E-state index in [0.717, 1.165) is 29.7 Å². The van der Waals surface area contributed by atoms with E-state index >= 15 is 0 Å². The molecule has 0 saturated carbocycles. The monoisotopic (exact) mass is 493 g/mol. The number of hydrogen-bond acceptors (Lipinski definition) is 4. The molecule has 7 heteroatoms. The third-order valence-electron chi connectivity index (χ3n) is 6.11. The summed E-state index contributed by atoms with van der Waals surface area (Å²) in [5.41, 5.74) is 3.46. The zero-order chi connectivity index (χ0) is 24.0. The van der Waals surface area contributed by atoms with Gasteiger partial charge >= 0.3 is 0 Å². The molecule has 3 aromatic carbocycles. The van der Waals surface area contributed by atoms with E-state index in [1.165, 1.54) is 4.90 Å². The molecule has 34 heavy (non-hydrogen) atoms. The van der Waals surface area contributed by atoms with Crippen molar-refractivity contribution >= 4 is 46.3 Å². The molecule has 2 heterocycles. The van der Waals surface area contributed by atoms with Crippen LogP contribution in [0.4, 0.5) is 5.69 Å². The quantitative estimate of drug-likeness (QED) is 0.266. The lowest BCUT2D eigenvalue weighted by molar-refractivity contribution is -0.132. The molecule has 5 rings (SSSR count). The van der Waals surface area contributed by atoms with Crippen molar-refractivity contribution in [3.05, 3.63) is 98.5 Å². The number of aliphatic hydroxyl groups excluding tert-OH is 1. The number of rotatable bonds is 3. The number of benzene rings is 3. The van der Waals surface area contributed by atoms with Gasteiger partial charge in [-0.2, -0.15) is 0 Å². The van der Waals surface area contributed by atoms with Crippen LogP contribution in [-0.2, 0) is 16.0 Å². The summed E-state index contributed by atoms with van der Waals surface area (Å²) < 4.78 is 5.67. The Morgan fingerprint density at radius 2 is 1.79 bits per heavy atom. The summed E-state index contributed by atoms with van der Waals surface area (Å²) in [4.78, 5) is 28.0. The Balaban J connectivity index is 1.72. The fourth-order valence-electron chi connectivity index (χ4n) is 4.60. The van der Waals surface area contributed by atoms with Crippen molar-refractivity contribution in [3.63, 3.8) is 0 Å². The highest BCUT2D eigenvalue weighted by molar-refractivity contribution is 6.52. The first kappa shape index (κ1) is 22.5. The number of ketones is 1. The third-order valence-corrected chi connectivity index (χ3v) is 6.55. The minimum Gasteiger partial charge on any atom is -0.507 e. The van der Waals surface area contributed by atoms with Crippen LogP contribution in [0, 0.1) is 6.92 Å². The highest BCUT2D eigenvalue weighted by atomic mass is 35.5. The molecule has 5 nitrogen and oxygen atoms in total. The smallest absolute Gasteiger partial charge is 0.300 e. The van der Waals surface area contributed by atoms with Gasteiger partial charge in [0, 0.05) is 21.3 Å². The first-order valence-corrected chi connectivity index (χ1v) is 11.7. The van der Waals surface area contributed by atoms with Crippen molar-refractivity contribution in [2.75, 3.05) is 11.5 Å². The van der Waals surface area contributed by atoms with Crippen LogP contribution in [0.1, 0.15) is 34.7 Å². The lowest BCUT2D eigenvalue weighted by atomic mass is 9.93. The van der Waals surface area contributed by atoms with Crippen LogP contribution in [0.15, 0.2) is 66.2 Å². The van der Waals surface area contributed by atoms with Gasteiger partial charge in [-0.05, 0) is 67.3 Å². The fourth-order valence-corrected chi connectivity index (χ4v) is 5.11. The third kappa shape index (κ3) is 3.95. The van der Waals surface area contributed by atoms with Crippen molar-refractivity contribution < 1.29 is 19.4 Å². The maximum atomic E-state index is 13.3. The molecule has 172 valence electrons. The molecule has 1 unspecified atom stereocenters. The van der Waals surface area contributed by atoms with E-state index in [0.29, 0.717) is 33.5 Å². The number of fused-ring (bicyclic) bond motifs is 1. The molecule has 0 bridgehead atoms. The zero-order valence-corrected chi connectivity index (χ0v) is 19.9. The van der Waals surface area contributed by atoms with Crippen molar-refractivity contribution in [1.29, 1.82) is 0 Å². The summed E-state index contributed by atoms with van der Waals surface area (Å²) in [5.74, 6) is -0.984. The van der Waals surface area contributed by atoms with E-state index in [1.54, 1.807) is 30.3 Å². The number of ether oxygens (including phenoxy) is 1. The summed E-state index contributed by atoms with van der Waals surface area (Å²) in [6.07, 6.45) is 1.69. The molecule has 0 aromatic heterocycles. The van der Waals surface area contributed by atoms with Crippen LogP contribution < -0.4 is 9.64 Å². The van der Waals surface area contributed by atoms with Gasteiger partial charge in [0.25, 0.3) is 11.7 Å². The minimum absolute atomic E-state index is 0.0170. The van der Waals surface area contributed by atoms with E-state index < -0.39 is 17.7 Å². The standard InChI is InChI=1S/C27H21Cl2NO4/c1-15-4-2-5-17(10-15)24-23(25(31)18-7-8-22-16(11-18)6-3-9-34-22)26(32)27(33)30(24)21-13-19(28)12-20(29)14-21/h2,4-5,7-8,10-14,24,31H,3,6,9H2,1H3/b25-23-. The number of halogens is 2. The van der Waals surface area contributed by atoms with Gasteiger partial charge in [-0.15, -0.1) is 0 Å². The number of amides is 1. The fraction of sp³-hybridized carbons (Fsp3) is 0.185. The molecule has 3 aromatic rings. The Morgan fingerprint density at radius 3 is 2.53 bits per heavy atom. The molecular formula is C27H21Cl2NO4. The number of carbonyl (C=O) groups is 2. The Morgan fingerprint density at radius 1 is 1.03 bits per heavy atom. The number of aryl methyl sites for hydroxylation is 2. The molecule has 1 N–H and O–H groups in total. The first-order valence-electron chi connectivity index (χ1n) is 10.9. The minimum atomic E-state index is -0.846. The van der Waals surface area contributed by atoms with E-state index in [-0.39, 0.29) is 11.3 Å². The second-order valence-corrected chi connectivity index (χ2v) is 9.36. The SMILES string of the molecule is Cc1cccc(C2/C(=C(/O)c3ccc4c(c3)CCCO4)C(=O)C(=O)N2c2cc(Cl)cc(Cl)c2)c1. The molecule has 2 aliphatic rings. The van der Waals surface area contributed by atoms with Crippen LogP contribution in [-0.4, -0.2) is 23.4 Å². The molecule has 1 fully saturated rings. The number of hydrogen-bond donors (Lipinski definition) is 1. The van der Waals surface area contributed by atoms with E-state index in [9.17, 15) is 14.7 Å². The van der Waals surface area contributed by atoms with Crippen LogP contribution in [0.2, 0.25) is 10.0 Å². The normalized spacial score (nSPS) is 19.1. The summed E-state index contributed by atoms with van der Waals surface area (Å²) in [6, 6.07) is 16.7. The summed E-state index contributed by atoms with van der Waals surface area (Å²) in [6.45, 7) is 2.58. The average molecular weight is 494 g/mol. The number of Topliss-reactive ketones (excluding diaryl/α,β-unsaturated/α-hetero) is 1. The second kappa shape index (κ2) is 8.82. The number of carbonyl (C=O) groups excluding carboxylic acids is 2. The first-order chi connectivity index (χ1) is 16.3. The van der Waals surface area contributed by atoms with Crippen LogP contribution in [0.5, 0.6) is 5.75 Å². The summed E-state index contributed by atoms with van der Waals surface area (Å²) in [5, 5.41) is 12.0. The number of anilines is 1. The predicted molar refractivity (Wildman–Crippen MR) is 133 cm³/mol. The lowest BCUT2D eigenvalue weighted by Gasteiger charge is -2.26. The van der Waals surface area contributed by atoms with Gasteiger partial charge in [0.05, 0.1) is 18.2 Å². The van der Waals surface area contributed by atoms with Crippen LogP contribution >= 0.6 is 23.2 Å². The molecular weight excluding hydrogens is 473 g/mol. The van der Waals surface area contributed by atoms with Gasteiger partial charge in [0.2, 0.25) is 0 Å². The topological polar surface area (TPSA) is 66.8 Å². The maximum Gasteiger partial charge on any atom is 0.300 e. The Kier molecular flexibility index (Phi) is 5.84. The van der Waals surface area contributed by atoms with E-state index in [2.05, 4.69) is 0 Å². The summed E-state index contributed by atoms with van der Waals surface area (Å²) in [7, 11) is 0. The van der Waals surface area contributed by atoms with Gasteiger partial charge < -0.3 is 9.84 Å². The molecule has 1 amide bonds. The second-order valence-electron chi connectivity index (χ2n) is 8.49. The molecule has 0 radical (unpaired) electrons. The lowest BCUT2D eigenvalue weighted by Crippen LogP contribution is -2.29. The van der Waals surface area contributed by atoms with Crippen LogP contribution in [0.25, 0.3) is 5.76 Å². The number of nitrogens with zero attached hydrogens (tertiary/aromatic N) is 1.